The molecule has 6 atom stereocenters. The standard InChI is InChI=1S/C42H76Br2F2N4O20P2/c1-39(2,29-41(5,43)37(55)65-25-27-69-71(57,58)67-19-15-49(7,8)9)35(53)63-23-21-61-17-13-47-33(51)31(45)32(46)34(52)48-14-18-62-22-24-64-36(54)40(3,4)30-42(6,44)38(56)66-26-28-70-72(59,60)68-20-16-50(10,11)12/h31-32H,13-30H2,1-12H3,(H2-2,47,48,51,52,57,58,59,60). The fraction of sp³-hybridized carbons (Fsp3) is 0.857. The van der Waals surface area contributed by atoms with Crippen molar-refractivity contribution in [3.05, 3.63) is 0 Å². The van der Waals surface area contributed by atoms with Crippen LogP contribution in [0.25, 0.3) is 0 Å². The van der Waals surface area contributed by atoms with Crippen molar-refractivity contribution in [2.45, 2.75) is 75.4 Å². The van der Waals surface area contributed by atoms with Crippen molar-refractivity contribution in [1.29, 1.82) is 0 Å². The van der Waals surface area contributed by atoms with Crippen molar-refractivity contribution in [1.82, 2.24) is 10.6 Å². The average molecular weight is 1220 g/mol. The van der Waals surface area contributed by atoms with E-state index in [4.69, 9.17) is 46.5 Å². The van der Waals surface area contributed by atoms with E-state index in [-0.39, 0.29) is 78.8 Å². The summed E-state index contributed by atoms with van der Waals surface area (Å²) in [5, 5.41) is 4.18. The molecular formula is C42H76Br2F2N4O20P2. The molecule has 0 radical (unpaired) electrons. The van der Waals surface area contributed by atoms with Gasteiger partial charge in [-0.3, -0.25) is 37.9 Å². The molecule has 0 aromatic rings. The number of quaternary nitrogens is 2. The minimum Gasteiger partial charge on any atom is -0.756 e. The van der Waals surface area contributed by atoms with Gasteiger partial charge in [0.25, 0.3) is 27.5 Å². The molecule has 30 heteroatoms. The number of phosphoric ester groups is 2. The minimum absolute atomic E-state index is 0.0930. The zero-order chi connectivity index (χ0) is 55.8. The van der Waals surface area contributed by atoms with Crippen LogP contribution in [0.1, 0.15) is 54.4 Å². The van der Waals surface area contributed by atoms with Crippen molar-refractivity contribution in [2.24, 2.45) is 10.8 Å². The van der Waals surface area contributed by atoms with Crippen molar-refractivity contribution in [3.8, 4) is 0 Å². The Morgan fingerprint density at radius 3 is 1.07 bits per heavy atom. The molecule has 422 valence electrons. The molecule has 6 unspecified atom stereocenters. The topological polar surface area (TPSA) is 299 Å². The number of nitrogens with one attached hydrogen (secondary N) is 2. The lowest BCUT2D eigenvalue weighted by Crippen LogP contribution is -2.46. The first-order valence-electron chi connectivity index (χ1n) is 22.6. The van der Waals surface area contributed by atoms with Crippen LogP contribution in [0, 0.1) is 10.8 Å². The van der Waals surface area contributed by atoms with Gasteiger partial charge in [0.1, 0.15) is 61.4 Å². The highest BCUT2D eigenvalue weighted by atomic mass is 79.9. The summed E-state index contributed by atoms with van der Waals surface area (Å²) < 4.78 is 101. The second kappa shape index (κ2) is 31.7. The van der Waals surface area contributed by atoms with Gasteiger partial charge in [0.05, 0.1) is 92.8 Å². The SMILES string of the molecule is CC(C)(CC(C)(Br)C(=O)OCCOP(=O)([O-])OCC[N+](C)(C)C)C(=O)OCCOCCNC(=O)C(F)C(F)C(=O)NCCOCCOC(=O)C(C)(C)CC(C)(Br)C(=O)OCCOP(=O)([O-])OCC[N+](C)(C)C. The number of likely N-dealkylation sites (N-methyl/N-ethyl adjacent to an activating group) is 2. The monoisotopic (exact) mass is 1210 g/mol. The Hall–Kier alpha value is -2.30. The molecule has 24 nitrogen and oxygen atoms in total. The molecule has 0 spiro atoms. The molecule has 0 aromatic heterocycles. The first kappa shape index (κ1) is 69.7. The molecule has 2 N–H and O–H groups in total. The van der Waals surface area contributed by atoms with Gasteiger partial charge in [-0.15, -0.1) is 0 Å². The van der Waals surface area contributed by atoms with Crippen LogP contribution in [-0.2, 0) is 84.4 Å². The van der Waals surface area contributed by atoms with E-state index in [9.17, 15) is 56.5 Å². The van der Waals surface area contributed by atoms with E-state index in [1.807, 2.05) is 42.3 Å². The number of esters is 4. The van der Waals surface area contributed by atoms with Crippen LogP contribution < -0.4 is 20.4 Å². The summed E-state index contributed by atoms with van der Waals surface area (Å²) in [4.78, 5) is 99.0. The predicted octanol–water partition coefficient (Wildman–Crippen LogP) is 1.66. The Morgan fingerprint density at radius 1 is 0.486 bits per heavy atom. The number of hydrogen-bond acceptors (Lipinski definition) is 20. The first-order chi connectivity index (χ1) is 32.8. The fourth-order valence-corrected chi connectivity index (χ4v) is 8.67. The first-order valence-corrected chi connectivity index (χ1v) is 27.1. The van der Waals surface area contributed by atoms with Gasteiger partial charge in [-0.2, -0.15) is 0 Å². The van der Waals surface area contributed by atoms with Crippen LogP contribution >= 0.6 is 47.5 Å². The van der Waals surface area contributed by atoms with Crippen molar-refractivity contribution in [2.75, 3.05) is 148 Å². The van der Waals surface area contributed by atoms with Crippen molar-refractivity contribution >= 4 is 83.2 Å². The van der Waals surface area contributed by atoms with Crippen molar-refractivity contribution < 1.29 is 112 Å². The van der Waals surface area contributed by atoms with E-state index in [2.05, 4.69) is 42.5 Å². The molecule has 0 bridgehead atoms. The lowest BCUT2D eigenvalue weighted by atomic mass is 9.83. The number of ether oxygens (including phenoxy) is 6. The Balaban J connectivity index is 4.41. The summed E-state index contributed by atoms with van der Waals surface area (Å²) in [7, 11) is 1.93. The van der Waals surface area contributed by atoms with Crippen LogP contribution in [0.4, 0.5) is 8.78 Å². The zero-order valence-electron chi connectivity index (χ0n) is 43.3. The Labute approximate surface area is 438 Å². The molecule has 0 aliphatic rings. The number of carbonyl (C=O) groups excluding carboxylic acids is 6. The Kier molecular flexibility index (Phi) is 30.7. The van der Waals surface area contributed by atoms with Crippen LogP contribution in [-0.4, -0.2) is 213 Å². The number of amides is 2. The second-order valence-corrected chi connectivity index (χ2v) is 26.2. The Morgan fingerprint density at radius 2 is 0.764 bits per heavy atom. The van der Waals surface area contributed by atoms with Gasteiger partial charge in [-0.1, -0.05) is 31.9 Å². The van der Waals surface area contributed by atoms with E-state index in [0.29, 0.717) is 22.1 Å². The maximum Gasteiger partial charge on any atom is 0.322 e. The highest BCUT2D eigenvalue weighted by molar-refractivity contribution is 9.10. The normalized spacial score (nSPS) is 16.6. The van der Waals surface area contributed by atoms with Gasteiger partial charge >= 0.3 is 23.9 Å². The summed E-state index contributed by atoms with van der Waals surface area (Å²) in [5.41, 5.74) is -2.45. The smallest absolute Gasteiger partial charge is 0.322 e. The van der Waals surface area contributed by atoms with E-state index in [1.165, 1.54) is 41.5 Å². The van der Waals surface area contributed by atoms with Gasteiger partial charge in [-0.05, 0) is 54.4 Å². The third-order valence-electron chi connectivity index (χ3n) is 9.43. The van der Waals surface area contributed by atoms with E-state index in [0.717, 1.165) is 0 Å². The number of nitrogens with zero attached hydrogens (tertiary/aromatic N) is 2. The fourth-order valence-electron chi connectivity index (χ4n) is 5.68. The molecule has 72 heavy (non-hydrogen) atoms. The highest BCUT2D eigenvalue weighted by Gasteiger charge is 2.44. The molecule has 0 fully saturated rings. The summed E-state index contributed by atoms with van der Waals surface area (Å²) in [5.74, 6) is -5.82. The summed E-state index contributed by atoms with van der Waals surface area (Å²) in [6, 6.07) is 0. The quantitative estimate of drug-likeness (QED) is 0.0221. The maximum absolute atomic E-state index is 14.4. The third-order valence-corrected chi connectivity index (χ3v) is 12.6. The van der Waals surface area contributed by atoms with E-state index in [1.54, 1.807) is 0 Å². The molecule has 2 amide bonds. The molecule has 0 aromatic carbocycles. The van der Waals surface area contributed by atoms with Crippen LogP contribution in [0.3, 0.4) is 0 Å². The average Bonchev–Trinajstić information content (AvgIpc) is 3.22. The minimum atomic E-state index is -4.61. The number of alkyl halides is 4. The van der Waals surface area contributed by atoms with Crippen LogP contribution in [0.5, 0.6) is 0 Å². The molecule has 0 saturated carbocycles. The third kappa shape index (κ3) is 31.6. The lowest BCUT2D eigenvalue weighted by molar-refractivity contribution is -0.870. The predicted molar refractivity (Wildman–Crippen MR) is 258 cm³/mol. The second-order valence-electron chi connectivity index (χ2n) is 19.9. The van der Waals surface area contributed by atoms with Gasteiger partial charge in [-0.25, -0.2) is 8.78 Å². The number of hydrogen-bond donors (Lipinski definition) is 2. The summed E-state index contributed by atoms with van der Waals surface area (Å²) in [6.45, 7) is 6.14. The van der Waals surface area contributed by atoms with Gasteiger partial charge in [0, 0.05) is 13.1 Å². The number of rotatable bonds is 39. The zero-order valence-corrected chi connectivity index (χ0v) is 48.3. The van der Waals surface area contributed by atoms with Gasteiger partial charge in [0.15, 0.2) is 0 Å². The molecular weight excluding hydrogens is 1140 g/mol. The molecule has 0 heterocycles. The summed E-state index contributed by atoms with van der Waals surface area (Å²) >= 11 is 6.52. The summed E-state index contributed by atoms with van der Waals surface area (Å²) in [6.07, 6.45) is -5.90. The van der Waals surface area contributed by atoms with Gasteiger partial charge in [0.2, 0.25) is 12.3 Å². The van der Waals surface area contributed by atoms with E-state index < -0.39 is 110 Å². The highest BCUT2D eigenvalue weighted by Crippen LogP contribution is 2.40. The maximum atomic E-state index is 14.4. The molecule has 0 aliphatic heterocycles. The lowest BCUT2D eigenvalue weighted by Gasteiger charge is -2.30. The van der Waals surface area contributed by atoms with E-state index >= 15 is 0 Å². The molecule has 0 rings (SSSR count). The number of halogens is 4. The van der Waals surface area contributed by atoms with Crippen LogP contribution in [0.2, 0.25) is 0 Å². The number of carbonyl (C=O) groups is 6. The largest absolute Gasteiger partial charge is 0.756 e. The van der Waals surface area contributed by atoms with Gasteiger partial charge < -0.3 is 75.9 Å². The number of phosphoric acid groups is 2. The Bertz CT molecular complexity index is 1710. The van der Waals surface area contributed by atoms with Crippen molar-refractivity contribution in [3.63, 3.8) is 0 Å². The molecule has 0 saturated heterocycles. The van der Waals surface area contributed by atoms with Crippen LogP contribution in [0.15, 0.2) is 0 Å². The molecule has 0 aliphatic carbocycles.